The lowest BCUT2D eigenvalue weighted by Gasteiger charge is -2.10. The number of carbonyl (C=O) groups is 6. The molecule has 0 spiro atoms. The molecule has 0 radical (unpaired) electrons. The number of carboxylic acid groups (broad SMARTS) is 1. The number of Topliss-reactive ketones (excluding diaryl/α,β-unsaturated/α-hetero) is 1. The Morgan fingerprint density at radius 1 is 0.714 bits per heavy atom. The van der Waals surface area contributed by atoms with Crippen LogP contribution in [0, 0.1) is 35.5 Å². The molecule has 0 aromatic carbocycles. The van der Waals surface area contributed by atoms with Gasteiger partial charge in [-0.3, -0.25) is 28.8 Å². The lowest BCUT2D eigenvalue weighted by molar-refractivity contribution is -0.155. The number of aliphatic carboxylic acids is 1. The summed E-state index contributed by atoms with van der Waals surface area (Å²) in [6, 6.07) is 0. The van der Waals surface area contributed by atoms with E-state index in [9.17, 15) is 28.8 Å². The Balaban J connectivity index is 0.000000391. The minimum atomic E-state index is -0.914. The smallest absolute Gasteiger partial charge is 0.317 e. The highest BCUT2D eigenvalue weighted by Crippen LogP contribution is 2.22. The molecule has 2 aliphatic heterocycles. The largest absolute Gasteiger partial charge is 0.481 e. The van der Waals surface area contributed by atoms with Crippen LogP contribution < -0.4 is 0 Å². The molecule has 0 aromatic heterocycles. The Morgan fingerprint density at radius 3 is 1.04 bits per heavy atom. The van der Waals surface area contributed by atoms with Crippen molar-refractivity contribution in [2.75, 3.05) is 0 Å². The van der Waals surface area contributed by atoms with Gasteiger partial charge in [0.25, 0.3) is 0 Å². The predicted molar refractivity (Wildman–Crippen MR) is 95.5 cm³/mol. The maximum absolute atomic E-state index is 10.6. The molecule has 2 fully saturated rings. The molecular weight excluding hydrogens is 372 g/mol. The molecule has 9 nitrogen and oxygen atoms in total. The number of rotatable bonds is 3. The van der Waals surface area contributed by atoms with E-state index in [1.165, 1.54) is 13.8 Å². The third kappa shape index (κ3) is 6.86. The van der Waals surface area contributed by atoms with Crippen molar-refractivity contribution in [3.8, 4) is 0 Å². The molecule has 9 heteroatoms. The second-order valence-electron chi connectivity index (χ2n) is 7.16. The first-order valence-corrected chi connectivity index (χ1v) is 8.96. The molecule has 2 heterocycles. The van der Waals surface area contributed by atoms with Crippen LogP contribution in [-0.4, -0.2) is 40.7 Å². The van der Waals surface area contributed by atoms with Gasteiger partial charge >= 0.3 is 29.8 Å². The maximum Gasteiger partial charge on any atom is 0.317 e. The van der Waals surface area contributed by atoms with Gasteiger partial charge in [0.15, 0.2) is 0 Å². The summed E-state index contributed by atoms with van der Waals surface area (Å²) in [5.41, 5.74) is 0. The Bertz CT molecular complexity index is 560. The average Bonchev–Trinajstić information content (AvgIpc) is 2.98. The zero-order valence-electron chi connectivity index (χ0n) is 17.2. The SMILES string of the molecule is CC(=O)C(C)C(C)C(=O)O.CC1C(=O)OC(=O)C1C.CC1C(=O)OC(=O)C1C. The number of ether oxygens (including phenoxy) is 2. The monoisotopic (exact) mass is 400 g/mol. The number of carbonyl (C=O) groups excluding carboxylic acids is 5. The lowest BCUT2D eigenvalue weighted by atomic mass is 9.93. The fourth-order valence-corrected chi connectivity index (χ4v) is 1.95. The van der Waals surface area contributed by atoms with Crippen LogP contribution in [0.4, 0.5) is 0 Å². The van der Waals surface area contributed by atoms with Gasteiger partial charge in [-0.25, -0.2) is 0 Å². The normalized spacial score (nSPS) is 28.1. The van der Waals surface area contributed by atoms with Crippen molar-refractivity contribution in [2.45, 2.75) is 48.5 Å². The first-order valence-electron chi connectivity index (χ1n) is 8.96. The van der Waals surface area contributed by atoms with Crippen molar-refractivity contribution >= 4 is 35.6 Å². The van der Waals surface area contributed by atoms with Crippen LogP contribution in [0.2, 0.25) is 0 Å². The van der Waals surface area contributed by atoms with E-state index in [1.54, 1.807) is 34.6 Å². The van der Waals surface area contributed by atoms with Crippen LogP contribution in [0.25, 0.3) is 0 Å². The van der Waals surface area contributed by atoms with Crippen LogP contribution in [-0.2, 0) is 38.2 Å². The van der Waals surface area contributed by atoms with Gasteiger partial charge in [0.2, 0.25) is 0 Å². The standard InChI is InChI=1S/C7H12O3.2C6H8O3/c1-4(6(3)8)5(2)7(9)10;2*1-3-4(2)6(8)9-5(3)7/h4-5H,1-3H3,(H,9,10);2*3-4H,1-2H3. The van der Waals surface area contributed by atoms with E-state index in [4.69, 9.17) is 5.11 Å². The van der Waals surface area contributed by atoms with E-state index in [1.807, 2.05) is 0 Å². The van der Waals surface area contributed by atoms with E-state index in [0.29, 0.717) is 0 Å². The first-order chi connectivity index (χ1) is 12.7. The van der Waals surface area contributed by atoms with Crippen LogP contribution in [0.15, 0.2) is 0 Å². The molecule has 2 rings (SSSR count). The summed E-state index contributed by atoms with van der Waals surface area (Å²) in [5, 5.41) is 8.45. The summed E-state index contributed by atoms with van der Waals surface area (Å²) in [6.07, 6.45) is 0. The minimum Gasteiger partial charge on any atom is -0.481 e. The summed E-state index contributed by atoms with van der Waals surface area (Å²) in [5.74, 6) is -4.53. The van der Waals surface area contributed by atoms with E-state index < -0.39 is 35.8 Å². The summed E-state index contributed by atoms with van der Waals surface area (Å²) in [6.45, 7) is 11.3. The van der Waals surface area contributed by atoms with Gasteiger partial charge < -0.3 is 14.6 Å². The number of hydrogen-bond donors (Lipinski definition) is 1. The summed E-state index contributed by atoms with van der Waals surface area (Å²) >= 11 is 0. The quantitative estimate of drug-likeness (QED) is 0.552. The Kier molecular flexibility index (Phi) is 9.69. The van der Waals surface area contributed by atoms with E-state index >= 15 is 0 Å². The molecule has 6 unspecified atom stereocenters. The van der Waals surface area contributed by atoms with Gasteiger partial charge in [-0.05, 0) is 6.92 Å². The van der Waals surface area contributed by atoms with Crippen LogP contribution in [0.3, 0.4) is 0 Å². The molecule has 2 saturated heterocycles. The molecule has 1 N–H and O–H groups in total. The molecule has 158 valence electrons. The third-order valence-corrected chi connectivity index (χ3v) is 5.17. The van der Waals surface area contributed by atoms with Gasteiger partial charge in [-0.15, -0.1) is 0 Å². The molecular formula is C19H28O9. The number of ketones is 1. The van der Waals surface area contributed by atoms with Crippen molar-refractivity contribution in [1.82, 2.24) is 0 Å². The Hall–Kier alpha value is -2.58. The second-order valence-corrected chi connectivity index (χ2v) is 7.16. The first kappa shape index (κ1) is 25.4. The van der Waals surface area contributed by atoms with Gasteiger partial charge in [-0.2, -0.15) is 0 Å². The molecule has 0 amide bonds. The van der Waals surface area contributed by atoms with Crippen LogP contribution >= 0.6 is 0 Å². The van der Waals surface area contributed by atoms with E-state index in [0.717, 1.165) is 0 Å². The fourth-order valence-electron chi connectivity index (χ4n) is 1.95. The van der Waals surface area contributed by atoms with Gasteiger partial charge in [0.05, 0.1) is 29.6 Å². The zero-order chi connectivity index (χ0) is 22.3. The summed E-state index contributed by atoms with van der Waals surface area (Å²) < 4.78 is 8.62. The molecule has 0 aromatic rings. The summed E-state index contributed by atoms with van der Waals surface area (Å²) in [4.78, 5) is 63.1. The average molecular weight is 400 g/mol. The molecule has 0 saturated carbocycles. The highest BCUT2D eigenvalue weighted by atomic mass is 16.6. The molecule has 28 heavy (non-hydrogen) atoms. The Labute approximate surface area is 163 Å². The van der Waals surface area contributed by atoms with Gasteiger partial charge in [-0.1, -0.05) is 41.5 Å². The predicted octanol–water partition coefficient (Wildman–Crippen LogP) is 1.62. The minimum absolute atomic E-state index is 0.0742. The van der Waals surface area contributed by atoms with E-state index in [2.05, 4.69) is 9.47 Å². The maximum atomic E-state index is 10.6. The highest BCUT2D eigenvalue weighted by Gasteiger charge is 2.38. The van der Waals surface area contributed by atoms with Crippen molar-refractivity contribution in [2.24, 2.45) is 35.5 Å². The van der Waals surface area contributed by atoms with Crippen molar-refractivity contribution in [3.05, 3.63) is 0 Å². The van der Waals surface area contributed by atoms with Gasteiger partial charge in [0, 0.05) is 5.92 Å². The Morgan fingerprint density at radius 2 is 0.964 bits per heavy atom. The molecule has 0 bridgehead atoms. The van der Waals surface area contributed by atoms with Crippen molar-refractivity contribution < 1.29 is 43.3 Å². The van der Waals surface area contributed by atoms with E-state index in [-0.39, 0.29) is 35.4 Å². The molecule has 2 aliphatic rings. The second kappa shape index (κ2) is 10.7. The van der Waals surface area contributed by atoms with Crippen LogP contribution in [0.5, 0.6) is 0 Å². The molecule has 6 atom stereocenters. The van der Waals surface area contributed by atoms with Gasteiger partial charge in [0.1, 0.15) is 5.78 Å². The fraction of sp³-hybridized carbons (Fsp3) is 0.684. The topological polar surface area (TPSA) is 141 Å². The van der Waals surface area contributed by atoms with Crippen LogP contribution in [0.1, 0.15) is 48.5 Å². The van der Waals surface area contributed by atoms with Crippen molar-refractivity contribution in [3.63, 3.8) is 0 Å². The third-order valence-electron chi connectivity index (χ3n) is 5.17. The summed E-state index contributed by atoms with van der Waals surface area (Å²) in [7, 11) is 0. The highest BCUT2D eigenvalue weighted by molar-refractivity contribution is 5.96. The number of carboxylic acids is 1. The van der Waals surface area contributed by atoms with Crippen molar-refractivity contribution in [1.29, 1.82) is 0 Å². The lowest BCUT2D eigenvalue weighted by Crippen LogP contribution is -2.23. The number of hydrogen-bond acceptors (Lipinski definition) is 8. The zero-order valence-corrected chi connectivity index (χ0v) is 17.2. The number of cyclic esters (lactones) is 4. The molecule has 0 aliphatic carbocycles. The number of esters is 4.